The van der Waals surface area contributed by atoms with Gasteiger partial charge in [-0.25, -0.2) is 0 Å². The number of rotatable bonds is 4. The summed E-state index contributed by atoms with van der Waals surface area (Å²) in [6.07, 6.45) is 0. The molecular weight excluding hydrogens is 228 g/mol. The fourth-order valence-electron chi connectivity index (χ4n) is 1.60. The zero-order valence-electron chi connectivity index (χ0n) is 9.74. The Labute approximate surface area is 105 Å². The van der Waals surface area contributed by atoms with Gasteiger partial charge in [0.25, 0.3) is 0 Å². The molecule has 2 aromatic carbocycles. The van der Waals surface area contributed by atoms with Gasteiger partial charge in [0.05, 0.1) is 0 Å². The van der Waals surface area contributed by atoms with E-state index in [2.05, 4.69) is 0 Å². The summed E-state index contributed by atoms with van der Waals surface area (Å²) in [6, 6.07) is 15.5. The van der Waals surface area contributed by atoms with Crippen LogP contribution in [-0.2, 0) is 4.79 Å². The maximum atomic E-state index is 11.1. The van der Waals surface area contributed by atoms with Crippen molar-refractivity contribution in [1.29, 1.82) is 0 Å². The van der Waals surface area contributed by atoms with Crippen LogP contribution in [0.2, 0.25) is 0 Å². The molecule has 18 heavy (non-hydrogen) atoms. The Morgan fingerprint density at radius 2 is 1.61 bits per heavy atom. The Morgan fingerprint density at radius 1 is 1.00 bits per heavy atom. The molecule has 2 aromatic rings. The van der Waals surface area contributed by atoms with Crippen LogP contribution >= 0.6 is 0 Å². The maximum Gasteiger partial charge on any atom is 0.239 e. The third kappa shape index (κ3) is 2.67. The van der Waals surface area contributed by atoms with Crippen molar-refractivity contribution < 1.29 is 9.53 Å². The van der Waals surface area contributed by atoms with Gasteiger partial charge in [-0.2, -0.15) is 0 Å². The van der Waals surface area contributed by atoms with E-state index < -0.39 is 11.9 Å². The number of para-hydroxylation sites is 2. The second-order valence-electron chi connectivity index (χ2n) is 3.83. The first kappa shape index (κ1) is 12.1. The minimum absolute atomic E-state index is 0.537. The summed E-state index contributed by atoms with van der Waals surface area (Å²) < 4.78 is 5.69. The molecule has 0 aliphatic rings. The normalized spacial score (nSPS) is 11.8. The molecule has 0 saturated heterocycles. The molecule has 0 aliphatic heterocycles. The largest absolute Gasteiger partial charge is 0.457 e. The fourth-order valence-corrected chi connectivity index (χ4v) is 1.60. The van der Waals surface area contributed by atoms with Crippen molar-refractivity contribution in [3.05, 3.63) is 60.2 Å². The molecule has 1 unspecified atom stereocenters. The van der Waals surface area contributed by atoms with Gasteiger partial charge in [-0.15, -0.1) is 0 Å². The molecule has 0 fully saturated rings. The molecule has 0 aromatic heterocycles. The molecule has 0 bridgehead atoms. The third-order valence-electron chi connectivity index (χ3n) is 2.53. The summed E-state index contributed by atoms with van der Waals surface area (Å²) in [6.45, 7) is 0. The molecular formula is C14H14N2O2. The van der Waals surface area contributed by atoms with Gasteiger partial charge in [0, 0.05) is 5.56 Å². The van der Waals surface area contributed by atoms with Gasteiger partial charge in [0.15, 0.2) is 0 Å². The second kappa shape index (κ2) is 5.33. The van der Waals surface area contributed by atoms with Gasteiger partial charge in [-0.1, -0.05) is 36.4 Å². The second-order valence-corrected chi connectivity index (χ2v) is 3.83. The lowest BCUT2D eigenvalue weighted by atomic mass is 10.1. The Morgan fingerprint density at radius 3 is 2.28 bits per heavy atom. The van der Waals surface area contributed by atoms with Crippen LogP contribution < -0.4 is 16.2 Å². The first-order valence-corrected chi connectivity index (χ1v) is 5.55. The van der Waals surface area contributed by atoms with Crippen molar-refractivity contribution in [1.82, 2.24) is 0 Å². The van der Waals surface area contributed by atoms with Crippen LogP contribution in [0, 0.1) is 0 Å². The van der Waals surface area contributed by atoms with Crippen LogP contribution in [0.3, 0.4) is 0 Å². The third-order valence-corrected chi connectivity index (χ3v) is 2.53. The highest BCUT2D eigenvalue weighted by atomic mass is 16.5. The molecule has 4 heteroatoms. The molecule has 0 radical (unpaired) electrons. The highest BCUT2D eigenvalue weighted by molar-refractivity contribution is 5.82. The van der Waals surface area contributed by atoms with Crippen molar-refractivity contribution in [3.63, 3.8) is 0 Å². The van der Waals surface area contributed by atoms with Gasteiger partial charge in [0.1, 0.15) is 17.5 Å². The number of nitrogens with two attached hydrogens (primary N) is 2. The van der Waals surface area contributed by atoms with Crippen molar-refractivity contribution in [2.24, 2.45) is 11.5 Å². The monoisotopic (exact) mass is 242 g/mol. The SMILES string of the molecule is NC(=O)C(N)c1ccccc1Oc1ccccc1. The Balaban J connectivity index is 2.31. The van der Waals surface area contributed by atoms with Crippen molar-refractivity contribution in [3.8, 4) is 11.5 Å². The smallest absolute Gasteiger partial charge is 0.239 e. The van der Waals surface area contributed by atoms with E-state index in [-0.39, 0.29) is 0 Å². The van der Waals surface area contributed by atoms with Gasteiger partial charge >= 0.3 is 0 Å². The van der Waals surface area contributed by atoms with Crippen LogP contribution in [0.15, 0.2) is 54.6 Å². The number of benzene rings is 2. The van der Waals surface area contributed by atoms with Crippen LogP contribution in [0.1, 0.15) is 11.6 Å². The molecule has 0 saturated carbocycles. The van der Waals surface area contributed by atoms with Gasteiger partial charge in [-0.3, -0.25) is 4.79 Å². The number of carbonyl (C=O) groups is 1. The zero-order chi connectivity index (χ0) is 13.0. The van der Waals surface area contributed by atoms with E-state index in [0.29, 0.717) is 17.1 Å². The summed E-state index contributed by atoms with van der Waals surface area (Å²) in [5, 5.41) is 0. The Bertz CT molecular complexity index is 541. The number of carbonyl (C=O) groups excluding carboxylic acids is 1. The van der Waals surface area contributed by atoms with E-state index >= 15 is 0 Å². The molecule has 0 heterocycles. The summed E-state index contributed by atoms with van der Waals surface area (Å²) in [7, 11) is 0. The lowest BCUT2D eigenvalue weighted by Gasteiger charge is -2.14. The molecule has 1 atom stereocenters. The van der Waals surface area contributed by atoms with Crippen LogP contribution in [-0.4, -0.2) is 5.91 Å². The van der Waals surface area contributed by atoms with Crippen molar-refractivity contribution in [2.45, 2.75) is 6.04 Å². The molecule has 2 rings (SSSR count). The number of primary amides is 1. The number of hydrogen-bond acceptors (Lipinski definition) is 3. The van der Waals surface area contributed by atoms with E-state index in [4.69, 9.17) is 16.2 Å². The summed E-state index contributed by atoms with van der Waals surface area (Å²) in [5.74, 6) is 0.635. The van der Waals surface area contributed by atoms with Crippen molar-refractivity contribution in [2.75, 3.05) is 0 Å². The van der Waals surface area contributed by atoms with Crippen LogP contribution in [0.4, 0.5) is 0 Å². The van der Waals surface area contributed by atoms with E-state index in [1.807, 2.05) is 36.4 Å². The predicted octanol–water partition coefficient (Wildman–Crippen LogP) is 1.96. The number of hydrogen-bond donors (Lipinski definition) is 2. The molecule has 0 aliphatic carbocycles. The standard InChI is InChI=1S/C14H14N2O2/c15-13(14(16)17)11-8-4-5-9-12(11)18-10-6-2-1-3-7-10/h1-9,13H,15H2,(H2,16,17). The quantitative estimate of drug-likeness (QED) is 0.860. The van der Waals surface area contributed by atoms with Gasteiger partial charge < -0.3 is 16.2 Å². The highest BCUT2D eigenvalue weighted by Gasteiger charge is 2.16. The number of amides is 1. The maximum absolute atomic E-state index is 11.1. The minimum atomic E-state index is -0.870. The first-order valence-electron chi connectivity index (χ1n) is 5.55. The Kier molecular flexibility index (Phi) is 3.60. The first-order chi connectivity index (χ1) is 8.68. The zero-order valence-corrected chi connectivity index (χ0v) is 9.74. The number of ether oxygens (including phenoxy) is 1. The molecule has 1 amide bonds. The highest BCUT2D eigenvalue weighted by Crippen LogP contribution is 2.28. The molecule has 4 nitrogen and oxygen atoms in total. The van der Waals surface area contributed by atoms with E-state index in [1.165, 1.54) is 0 Å². The lowest BCUT2D eigenvalue weighted by molar-refractivity contribution is -0.119. The van der Waals surface area contributed by atoms with Gasteiger partial charge in [-0.05, 0) is 18.2 Å². The lowest BCUT2D eigenvalue weighted by Crippen LogP contribution is -2.28. The fraction of sp³-hybridized carbons (Fsp3) is 0.0714. The molecule has 0 spiro atoms. The average molecular weight is 242 g/mol. The summed E-state index contributed by atoms with van der Waals surface area (Å²) in [5.41, 5.74) is 11.5. The van der Waals surface area contributed by atoms with E-state index in [9.17, 15) is 4.79 Å². The van der Waals surface area contributed by atoms with Crippen molar-refractivity contribution >= 4 is 5.91 Å². The predicted molar refractivity (Wildman–Crippen MR) is 69.1 cm³/mol. The minimum Gasteiger partial charge on any atom is -0.457 e. The summed E-state index contributed by atoms with van der Waals surface area (Å²) >= 11 is 0. The van der Waals surface area contributed by atoms with Crippen LogP contribution in [0.25, 0.3) is 0 Å². The van der Waals surface area contributed by atoms with E-state index in [1.54, 1.807) is 18.2 Å². The molecule has 4 N–H and O–H groups in total. The van der Waals surface area contributed by atoms with Gasteiger partial charge in [0.2, 0.25) is 5.91 Å². The Hall–Kier alpha value is -2.33. The summed E-state index contributed by atoms with van der Waals surface area (Å²) in [4.78, 5) is 11.1. The van der Waals surface area contributed by atoms with E-state index in [0.717, 1.165) is 0 Å². The average Bonchev–Trinajstić information content (AvgIpc) is 2.39. The van der Waals surface area contributed by atoms with Crippen LogP contribution in [0.5, 0.6) is 11.5 Å². The topological polar surface area (TPSA) is 78.3 Å². The molecule has 92 valence electrons.